The summed E-state index contributed by atoms with van der Waals surface area (Å²) in [6, 6.07) is 56.6. The van der Waals surface area contributed by atoms with Gasteiger partial charge in [0.25, 0.3) is 0 Å². The van der Waals surface area contributed by atoms with E-state index in [1.54, 1.807) is 0 Å². The van der Waals surface area contributed by atoms with Crippen LogP contribution in [0.4, 0.5) is 0 Å². The van der Waals surface area contributed by atoms with Crippen molar-refractivity contribution in [1.82, 2.24) is 0 Å². The fourth-order valence-corrected chi connectivity index (χ4v) is 8.69. The van der Waals surface area contributed by atoms with E-state index >= 15 is 0 Å². The first kappa shape index (κ1) is 28.9. The van der Waals surface area contributed by atoms with E-state index in [4.69, 9.17) is 9.47 Å². The molecule has 8 aromatic carbocycles. The molecule has 0 atom stereocenters. The van der Waals surface area contributed by atoms with E-state index in [2.05, 4.69) is 158 Å². The Morgan fingerprint density at radius 2 is 0.580 bits per heavy atom. The smallest absolute Gasteiger partial charge is 0.132 e. The van der Waals surface area contributed by atoms with Crippen LogP contribution in [0.2, 0.25) is 0 Å². The maximum atomic E-state index is 6.69. The van der Waals surface area contributed by atoms with Crippen molar-refractivity contribution in [2.45, 2.75) is 0 Å². The van der Waals surface area contributed by atoms with Gasteiger partial charge in [0.15, 0.2) is 0 Å². The largest absolute Gasteiger partial charge is 0.496 e. The number of benzene rings is 8. The molecule has 0 saturated carbocycles. The third-order valence-corrected chi connectivity index (χ3v) is 10.6. The van der Waals surface area contributed by atoms with Crippen LogP contribution in [0.25, 0.3) is 54.9 Å². The lowest BCUT2D eigenvalue weighted by Crippen LogP contribution is -2.07. The summed E-state index contributed by atoms with van der Waals surface area (Å²) in [6.45, 7) is 0. The summed E-state index contributed by atoms with van der Waals surface area (Å²) in [7, 11) is 3.64. The summed E-state index contributed by atoms with van der Waals surface area (Å²) in [5.74, 6) is 4.09. The van der Waals surface area contributed by atoms with Crippen LogP contribution in [0.5, 0.6) is 11.5 Å². The minimum atomic E-state index is 0.855. The molecule has 0 bridgehead atoms. The van der Waals surface area contributed by atoms with Crippen molar-refractivity contribution in [3.05, 3.63) is 203 Å². The van der Waals surface area contributed by atoms with Gasteiger partial charge in [0.2, 0.25) is 0 Å². The summed E-state index contributed by atoms with van der Waals surface area (Å²) < 4.78 is 13.4. The van der Waals surface area contributed by atoms with Crippen LogP contribution in [0.15, 0.2) is 158 Å². The van der Waals surface area contributed by atoms with Gasteiger partial charge in [0, 0.05) is 22.3 Å². The Hall–Kier alpha value is -6.12. The van der Waals surface area contributed by atoms with Crippen LogP contribution in [-0.4, -0.2) is 14.2 Å². The summed E-state index contributed by atoms with van der Waals surface area (Å²) in [5.41, 5.74) is 14.0. The molecule has 0 aliphatic heterocycles. The van der Waals surface area contributed by atoms with Crippen molar-refractivity contribution in [1.29, 1.82) is 0 Å². The van der Waals surface area contributed by atoms with E-state index in [1.807, 2.05) is 14.2 Å². The topological polar surface area (TPSA) is 18.5 Å². The average molecular weight is 641 g/mol. The fourth-order valence-electron chi connectivity index (χ4n) is 8.69. The Kier molecular flexibility index (Phi) is 6.47. The molecule has 2 aliphatic rings. The molecule has 236 valence electrons. The van der Waals surface area contributed by atoms with Gasteiger partial charge in [0.1, 0.15) is 11.5 Å². The van der Waals surface area contributed by atoms with E-state index in [-0.39, 0.29) is 0 Å². The van der Waals surface area contributed by atoms with Crippen LogP contribution in [0.1, 0.15) is 33.4 Å². The lowest BCUT2D eigenvalue weighted by molar-refractivity contribution is 0.408. The molecule has 50 heavy (non-hydrogen) atoms. The van der Waals surface area contributed by atoms with Gasteiger partial charge in [-0.05, 0) is 66.1 Å². The van der Waals surface area contributed by atoms with Crippen molar-refractivity contribution in [2.75, 3.05) is 14.2 Å². The molecule has 0 N–H and O–H groups in total. The van der Waals surface area contributed by atoms with Gasteiger partial charge in [-0.2, -0.15) is 0 Å². The zero-order valence-electron chi connectivity index (χ0n) is 27.8. The summed E-state index contributed by atoms with van der Waals surface area (Å²) in [4.78, 5) is 0. The fraction of sp³-hybridized carbons (Fsp3) is 0.0417. The third kappa shape index (κ3) is 3.90. The summed E-state index contributed by atoms with van der Waals surface area (Å²) in [5, 5.41) is 4.65. The van der Waals surface area contributed by atoms with Gasteiger partial charge in [0.05, 0.1) is 26.1 Å². The second kappa shape index (κ2) is 11.2. The van der Waals surface area contributed by atoms with E-state index in [0.29, 0.717) is 0 Å². The molecule has 8 aromatic rings. The number of methoxy groups -OCH3 is 2. The maximum absolute atomic E-state index is 6.69. The highest BCUT2D eigenvalue weighted by molar-refractivity contribution is 6.20. The quantitative estimate of drug-likeness (QED) is 0.186. The van der Waals surface area contributed by atoms with Crippen molar-refractivity contribution in [2.24, 2.45) is 0 Å². The normalized spacial score (nSPS) is 13.2. The number of ether oxygens (including phenoxy) is 2. The molecule has 0 heterocycles. The molecule has 0 aromatic heterocycles. The molecule has 0 unspecified atom stereocenters. The first-order chi connectivity index (χ1) is 24.8. The molecule has 2 radical (unpaired) electrons. The number of rotatable bonds is 5. The van der Waals surface area contributed by atoms with Crippen LogP contribution in [0.3, 0.4) is 0 Å². The molecule has 0 fully saturated rings. The maximum Gasteiger partial charge on any atom is 0.132 e. The number of hydrogen-bond acceptors (Lipinski definition) is 2. The van der Waals surface area contributed by atoms with Crippen LogP contribution >= 0.6 is 0 Å². The number of hydrogen-bond donors (Lipinski definition) is 0. The van der Waals surface area contributed by atoms with Crippen LogP contribution < -0.4 is 9.47 Å². The standard InChI is InChI=1S/C48H32O2/c1-49-47-43(37-27-15-13-25-35(37)41-33-23-11-9-21-31(33)39(45(41)47)29-17-5-3-6-18-29)44-38-28-16-14-26-36(38)42-34-24-12-10-22-32(34)40(46(42)48(44)50-2)30-19-7-4-8-20-30/h3-28H,1-2H3. The first-order valence-corrected chi connectivity index (χ1v) is 17.1. The predicted molar refractivity (Wildman–Crippen MR) is 205 cm³/mol. The summed E-state index contributed by atoms with van der Waals surface area (Å²) >= 11 is 0. The zero-order valence-corrected chi connectivity index (χ0v) is 27.8. The molecule has 2 aliphatic carbocycles. The molecular formula is C48H32O2. The van der Waals surface area contributed by atoms with Gasteiger partial charge in [-0.25, -0.2) is 0 Å². The highest BCUT2D eigenvalue weighted by Crippen LogP contribution is 2.62. The minimum Gasteiger partial charge on any atom is -0.496 e. The Morgan fingerprint density at radius 1 is 0.280 bits per heavy atom. The number of fused-ring (bicyclic) bond motifs is 10. The van der Waals surface area contributed by atoms with Crippen molar-refractivity contribution in [3.8, 4) is 44.9 Å². The Morgan fingerprint density at radius 3 is 0.940 bits per heavy atom. The molecule has 2 nitrogen and oxygen atoms in total. The lowest BCUT2D eigenvalue weighted by atomic mass is 9.81. The second-order valence-electron chi connectivity index (χ2n) is 13.0. The molecule has 0 saturated heterocycles. The molecular weight excluding hydrogens is 609 g/mol. The monoisotopic (exact) mass is 640 g/mol. The van der Waals surface area contributed by atoms with Crippen LogP contribution in [0, 0.1) is 11.8 Å². The third-order valence-electron chi connectivity index (χ3n) is 10.6. The Bertz CT molecular complexity index is 2440. The average Bonchev–Trinajstić information content (AvgIpc) is 3.72. The highest BCUT2D eigenvalue weighted by atomic mass is 16.5. The van der Waals surface area contributed by atoms with E-state index < -0.39 is 0 Å². The van der Waals surface area contributed by atoms with Gasteiger partial charge >= 0.3 is 0 Å². The Balaban J connectivity index is 1.40. The van der Waals surface area contributed by atoms with Crippen molar-refractivity contribution >= 4 is 21.5 Å². The SMILES string of the molecule is COc1c2c(c3ccccc3c1-c1c(OC)c3c(c4ccccc14)-c1ccccc1[C]3c1ccccc1)-c1ccccc1[C]2c1ccccc1. The van der Waals surface area contributed by atoms with E-state index in [0.717, 1.165) is 44.5 Å². The molecule has 10 rings (SSSR count). The van der Waals surface area contributed by atoms with Crippen LogP contribution in [-0.2, 0) is 0 Å². The van der Waals surface area contributed by atoms with Gasteiger partial charge in [-0.1, -0.05) is 158 Å². The second-order valence-corrected chi connectivity index (χ2v) is 13.0. The van der Waals surface area contributed by atoms with Crippen molar-refractivity contribution < 1.29 is 9.47 Å². The van der Waals surface area contributed by atoms with Crippen molar-refractivity contribution in [3.63, 3.8) is 0 Å². The zero-order chi connectivity index (χ0) is 33.3. The summed E-state index contributed by atoms with van der Waals surface area (Å²) in [6.07, 6.45) is 0. The molecule has 0 spiro atoms. The van der Waals surface area contributed by atoms with E-state index in [9.17, 15) is 0 Å². The molecule has 2 heteroatoms. The lowest BCUT2D eigenvalue weighted by Gasteiger charge is -2.26. The minimum absolute atomic E-state index is 0.855. The molecule has 0 amide bonds. The van der Waals surface area contributed by atoms with Gasteiger partial charge in [-0.3, -0.25) is 0 Å². The van der Waals surface area contributed by atoms with Gasteiger partial charge in [-0.15, -0.1) is 0 Å². The predicted octanol–water partition coefficient (Wildman–Crippen LogP) is 11.7. The van der Waals surface area contributed by atoms with E-state index in [1.165, 1.54) is 67.1 Å². The highest BCUT2D eigenvalue weighted by Gasteiger charge is 2.41. The first-order valence-electron chi connectivity index (χ1n) is 17.1. The Labute approximate surface area is 292 Å². The van der Waals surface area contributed by atoms with Gasteiger partial charge < -0.3 is 9.47 Å².